The summed E-state index contributed by atoms with van der Waals surface area (Å²) in [5.74, 6) is 1.18. The molecule has 0 aliphatic rings. The molecule has 0 saturated heterocycles. The third kappa shape index (κ3) is 3.35. The van der Waals surface area contributed by atoms with Crippen molar-refractivity contribution in [1.29, 1.82) is 0 Å². The predicted molar refractivity (Wildman–Crippen MR) is 76.4 cm³/mol. The van der Waals surface area contributed by atoms with E-state index in [1.54, 1.807) is 0 Å². The van der Waals surface area contributed by atoms with Gasteiger partial charge in [-0.1, -0.05) is 23.9 Å². The zero-order chi connectivity index (χ0) is 13.7. The highest BCUT2D eigenvalue weighted by Crippen LogP contribution is 2.24. The minimum absolute atomic E-state index is 0.220. The molecule has 2 rings (SSSR count). The Balaban J connectivity index is 2.17. The molecule has 0 atom stereocenters. The van der Waals surface area contributed by atoms with E-state index in [-0.39, 0.29) is 5.97 Å². The fourth-order valence-corrected chi connectivity index (χ4v) is 2.41. The van der Waals surface area contributed by atoms with Crippen molar-refractivity contribution < 1.29 is 9.53 Å². The molecule has 2 aromatic rings. The van der Waals surface area contributed by atoms with E-state index in [1.165, 1.54) is 18.9 Å². The lowest BCUT2D eigenvalue weighted by atomic mass is 10.2. The standard InChI is InChI=1S/C13H15N3O2S/c1-14-12-9-5-3-4-6-10(9)15-13(16-12)19-8-7-11(17)18-2/h3-6H,7-8H2,1-2H3,(H,14,15,16). The summed E-state index contributed by atoms with van der Waals surface area (Å²) in [6, 6.07) is 7.82. The van der Waals surface area contributed by atoms with Gasteiger partial charge in [0, 0.05) is 18.2 Å². The minimum atomic E-state index is -0.220. The van der Waals surface area contributed by atoms with Gasteiger partial charge in [-0.15, -0.1) is 0 Å². The third-order valence-corrected chi connectivity index (χ3v) is 3.43. The van der Waals surface area contributed by atoms with Crippen LogP contribution in [0.25, 0.3) is 10.9 Å². The molecule has 1 aromatic carbocycles. The van der Waals surface area contributed by atoms with Crippen LogP contribution in [0.3, 0.4) is 0 Å². The number of carbonyl (C=O) groups is 1. The molecule has 0 bridgehead atoms. The summed E-state index contributed by atoms with van der Waals surface area (Å²) in [5.41, 5.74) is 0.891. The number of aromatic nitrogens is 2. The second kappa shape index (κ2) is 6.38. The van der Waals surface area contributed by atoms with Gasteiger partial charge in [-0.05, 0) is 12.1 Å². The van der Waals surface area contributed by atoms with Gasteiger partial charge in [0.2, 0.25) is 0 Å². The minimum Gasteiger partial charge on any atom is -0.469 e. The molecule has 0 fully saturated rings. The second-order valence-corrected chi connectivity index (χ2v) is 4.86. The summed E-state index contributed by atoms with van der Waals surface area (Å²) in [4.78, 5) is 19.9. The Bertz CT molecular complexity index is 589. The fourth-order valence-electron chi connectivity index (χ4n) is 1.64. The summed E-state index contributed by atoms with van der Waals surface area (Å²) in [6.45, 7) is 0. The number of ether oxygens (including phenoxy) is 1. The average molecular weight is 277 g/mol. The van der Waals surface area contributed by atoms with Crippen molar-refractivity contribution in [1.82, 2.24) is 9.97 Å². The second-order valence-electron chi connectivity index (χ2n) is 3.80. The number of nitrogens with one attached hydrogen (secondary N) is 1. The number of carbonyl (C=O) groups excluding carboxylic acids is 1. The highest BCUT2D eigenvalue weighted by Gasteiger charge is 2.07. The van der Waals surface area contributed by atoms with Gasteiger partial charge in [0.15, 0.2) is 5.16 Å². The lowest BCUT2D eigenvalue weighted by Gasteiger charge is -2.07. The molecule has 5 nitrogen and oxygen atoms in total. The van der Waals surface area contributed by atoms with Crippen LogP contribution in [-0.2, 0) is 9.53 Å². The fraction of sp³-hybridized carbons (Fsp3) is 0.308. The molecule has 6 heteroatoms. The maximum atomic E-state index is 11.0. The molecule has 0 unspecified atom stereocenters. The summed E-state index contributed by atoms with van der Waals surface area (Å²) < 4.78 is 4.60. The van der Waals surface area contributed by atoms with Gasteiger partial charge in [-0.25, -0.2) is 9.97 Å². The number of hydrogen-bond acceptors (Lipinski definition) is 6. The van der Waals surface area contributed by atoms with E-state index in [4.69, 9.17) is 0 Å². The largest absolute Gasteiger partial charge is 0.469 e. The molecule has 1 aromatic heterocycles. The van der Waals surface area contributed by atoms with Gasteiger partial charge >= 0.3 is 5.97 Å². The quantitative estimate of drug-likeness (QED) is 0.514. The van der Waals surface area contributed by atoms with E-state index in [0.717, 1.165) is 16.7 Å². The van der Waals surface area contributed by atoms with Crippen LogP contribution >= 0.6 is 11.8 Å². The maximum absolute atomic E-state index is 11.0. The third-order valence-electron chi connectivity index (χ3n) is 2.58. The van der Waals surface area contributed by atoms with Gasteiger partial charge in [0.25, 0.3) is 0 Å². The molecule has 0 aliphatic carbocycles. The van der Waals surface area contributed by atoms with Gasteiger partial charge in [0.1, 0.15) is 5.82 Å². The number of nitrogens with zero attached hydrogens (tertiary/aromatic N) is 2. The van der Waals surface area contributed by atoms with Crippen molar-refractivity contribution in [2.75, 3.05) is 25.2 Å². The van der Waals surface area contributed by atoms with Crippen LogP contribution in [0.5, 0.6) is 0 Å². The molecule has 0 radical (unpaired) electrons. The van der Waals surface area contributed by atoms with E-state index >= 15 is 0 Å². The van der Waals surface area contributed by atoms with E-state index in [2.05, 4.69) is 20.0 Å². The molecule has 0 spiro atoms. The van der Waals surface area contributed by atoms with Crippen LogP contribution < -0.4 is 5.32 Å². The molecule has 0 aliphatic heterocycles. The molecule has 0 amide bonds. The monoisotopic (exact) mass is 277 g/mol. The first-order chi connectivity index (χ1) is 9.24. The van der Waals surface area contributed by atoms with Crippen LogP contribution in [0.15, 0.2) is 29.4 Å². The average Bonchev–Trinajstić information content (AvgIpc) is 2.46. The molecule has 100 valence electrons. The topological polar surface area (TPSA) is 64.1 Å². The molecule has 1 heterocycles. The van der Waals surface area contributed by atoms with Crippen LogP contribution in [0, 0.1) is 0 Å². The van der Waals surface area contributed by atoms with E-state index in [0.29, 0.717) is 17.3 Å². The van der Waals surface area contributed by atoms with Gasteiger partial charge in [-0.2, -0.15) is 0 Å². The Morgan fingerprint density at radius 1 is 1.37 bits per heavy atom. The Morgan fingerprint density at radius 2 is 2.16 bits per heavy atom. The van der Waals surface area contributed by atoms with Crippen molar-refractivity contribution in [3.8, 4) is 0 Å². The first kappa shape index (κ1) is 13.6. The SMILES string of the molecule is CNc1nc(SCCC(=O)OC)nc2ccccc12. The van der Waals surface area contributed by atoms with Gasteiger partial charge in [-0.3, -0.25) is 4.79 Å². The first-order valence-corrected chi connectivity index (χ1v) is 6.87. The number of methoxy groups -OCH3 is 1. The Kier molecular flexibility index (Phi) is 4.57. The highest BCUT2D eigenvalue weighted by molar-refractivity contribution is 7.99. The summed E-state index contributed by atoms with van der Waals surface area (Å²) in [5, 5.41) is 4.71. The molecular formula is C13H15N3O2S. The number of fused-ring (bicyclic) bond motifs is 1. The summed E-state index contributed by atoms with van der Waals surface area (Å²) in [6.07, 6.45) is 0.353. The van der Waals surface area contributed by atoms with Gasteiger partial charge < -0.3 is 10.1 Å². The number of anilines is 1. The van der Waals surface area contributed by atoms with Crippen LogP contribution in [0.2, 0.25) is 0 Å². The van der Waals surface area contributed by atoms with Crippen LogP contribution in [0.1, 0.15) is 6.42 Å². The smallest absolute Gasteiger partial charge is 0.306 e. The number of hydrogen-bond donors (Lipinski definition) is 1. The first-order valence-electron chi connectivity index (χ1n) is 5.88. The number of benzene rings is 1. The summed E-state index contributed by atoms with van der Waals surface area (Å²) >= 11 is 1.45. The molecule has 0 saturated carbocycles. The van der Waals surface area contributed by atoms with E-state index < -0.39 is 0 Å². The Morgan fingerprint density at radius 3 is 2.89 bits per heavy atom. The van der Waals surface area contributed by atoms with E-state index in [9.17, 15) is 4.79 Å². The molecule has 1 N–H and O–H groups in total. The van der Waals surface area contributed by atoms with Crippen LogP contribution in [-0.4, -0.2) is 35.8 Å². The normalized spacial score (nSPS) is 10.4. The van der Waals surface area contributed by atoms with Crippen molar-refractivity contribution in [2.24, 2.45) is 0 Å². The predicted octanol–water partition coefficient (Wildman–Crippen LogP) is 2.33. The molecular weight excluding hydrogens is 262 g/mol. The molecule has 19 heavy (non-hydrogen) atoms. The Hall–Kier alpha value is -1.82. The maximum Gasteiger partial charge on any atom is 0.306 e. The zero-order valence-corrected chi connectivity index (χ0v) is 11.7. The Labute approximate surface area is 115 Å². The van der Waals surface area contributed by atoms with E-state index in [1.807, 2.05) is 31.3 Å². The summed E-state index contributed by atoms with van der Waals surface area (Å²) in [7, 11) is 3.22. The van der Waals surface area contributed by atoms with Crippen LogP contribution in [0.4, 0.5) is 5.82 Å². The van der Waals surface area contributed by atoms with Crippen molar-refractivity contribution >= 4 is 34.5 Å². The number of thioether (sulfide) groups is 1. The highest BCUT2D eigenvalue weighted by atomic mass is 32.2. The lowest BCUT2D eigenvalue weighted by Crippen LogP contribution is -2.02. The lowest BCUT2D eigenvalue weighted by molar-refractivity contribution is -0.140. The number of rotatable bonds is 5. The number of para-hydroxylation sites is 1. The van der Waals surface area contributed by atoms with Crippen molar-refractivity contribution in [2.45, 2.75) is 11.6 Å². The number of esters is 1. The van der Waals surface area contributed by atoms with Crippen molar-refractivity contribution in [3.05, 3.63) is 24.3 Å². The zero-order valence-electron chi connectivity index (χ0n) is 10.8. The van der Waals surface area contributed by atoms with Gasteiger partial charge in [0.05, 0.1) is 19.0 Å². The van der Waals surface area contributed by atoms with Crippen molar-refractivity contribution in [3.63, 3.8) is 0 Å².